The van der Waals surface area contributed by atoms with Crippen molar-refractivity contribution in [2.75, 3.05) is 5.73 Å². The Bertz CT molecular complexity index is 754. The van der Waals surface area contributed by atoms with Gasteiger partial charge in [0.05, 0.1) is 11.0 Å². The molecule has 0 unspecified atom stereocenters. The van der Waals surface area contributed by atoms with Crippen LogP contribution in [0.4, 0.5) is 5.69 Å². The Morgan fingerprint density at radius 1 is 1.21 bits per heavy atom. The molecule has 2 aromatic carbocycles. The van der Waals surface area contributed by atoms with Crippen molar-refractivity contribution in [3.8, 4) is 11.4 Å². The average Bonchev–Trinajstić information content (AvgIpc) is 2.67. The summed E-state index contributed by atoms with van der Waals surface area (Å²) in [6.45, 7) is 2.08. The van der Waals surface area contributed by atoms with Gasteiger partial charge < -0.3 is 10.3 Å². The number of nitrogens with zero attached hydrogens (tertiary/aromatic N) is 2. The number of aryl methyl sites for hydroxylation is 2. The first kappa shape index (κ1) is 12.1. The van der Waals surface area contributed by atoms with E-state index in [1.807, 2.05) is 31.3 Å². The number of anilines is 1. The van der Waals surface area contributed by atoms with E-state index in [9.17, 15) is 0 Å². The Morgan fingerprint density at radius 2 is 2.00 bits per heavy atom. The topological polar surface area (TPSA) is 43.8 Å². The lowest BCUT2D eigenvalue weighted by atomic mass is 10.2. The van der Waals surface area contributed by atoms with E-state index in [-0.39, 0.29) is 0 Å². The fourth-order valence-corrected chi connectivity index (χ4v) is 2.71. The van der Waals surface area contributed by atoms with Gasteiger partial charge >= 0.3 is 0 Å². The second-order valence-corrected chi connectivity index (χ2v) is 5.15. The maximum Gasteiger partial charge on any atom is 0.140 e. The van der Waals surface area contributed by atoms with Crippen LogP contribution < -0.4 is 5.73 Å². The number of hydrogen-bond donors (Lipinski definition) is 1. The number of fused-ring (bicyclic) bond motifs is 1. The van der Waals surface area contributed by atoms with E-state index in [0.717, 1.165) is 22.4 Å². The number of aromatic nitrogens is 2. The Kier molecular flexibility index (Phi) is 2.72. The largest absolute Gasteiger partial charge is 0.399 e. The van der Waals surface area contributed by atoms with E-state index in [0.29, 0.717) is 10.7 Å². The molecule has 0 aliphatic rings. The van der Waals surface area contributed by atoms with Crippen LogP contribution in [0.15, 0.2) is 36.4 Å². The summed E-state index contributed by atoms with van der Waals surface area (Å²) in [5, 5.41) is 0.624. The SMILES string of the molecule is Cc1cccc2nc(-c3cc(N)cc(Cl)c3)n(C)c12. The fourth-order valence-electron chi connectivity index (χ4n) is 2.46. The minimum Gasteiger partial charge on any atom is -0.399 e. The third-order valence-electron chi connectivity index (χ3n) is 3.27. The number of rotatable bonds is 1. The quantitative estimate of drug-likeness (QED) is 0.685. The molecule has 0 radical (unpaired) electrons. The van der Waals surface area contributed by atoms with E-state index in [1.54, 1.807) is 6.07 Å². The van der Waals surface area contributed by atoms with Gasteiger partial charge in [-0.2, -0.15) is 0 Å². The summed E-state index contributed by atoms with van der Waals surface area (Å²) < 4.78 is 2.08. The maximum absolute atomic E-state index is 6.07. The van der Waals surface area contributed by atoms with Crippen molar-refractivity contribution in [2.45, 2.75) is 6.92 Å². The van der Waals surface area contributed by atoms with Gasteiger partial charge in [0.2, 0.25) is 0 Å². The van der Waals surface area contributed by atoms with Crippen LogP contribution in [0.25, 0.3) is 22.4 Å². The number of nitrogen functional groups attached to an aromatic ring is 1. The summed E-state index contributed by atoms with van der Waals surface area (Å²) in [5.41, 5.74) is 10.7. The third kappa shape index (κ3) is 1.96. The first-order chi connectivity index (χ1) is 9.06. The molecule has 96 valence electrons. The van der Waals surface area contributed by atoms with Crippen LogP contribution in [0.5, 0.6) is 0 Å². The molecular weight excluding hydrogens is 258 g/mol. The lowest BCUT2D eigenvalue weighted by Gasteiger charge is -2.05. The molecule has 0 atom stereocenters. The predicted molar refractivity (Wildman–Crippen MR) is 80.3 cm³/mol. The molecule has 0 aliphatic heterocycles. The van der Waals surface area contributed by atoms with Gasteiger partial charge in [-0.25, -0.2) is 4.98 Å². The molecular formula is C15H14ClN3. The normalized spacial score (nSPS) is 11.1. The van der Waals surface area contributed by atoms with Gasteiger partial charge in [0, 0.05) is 23.3 Å². The second-order valence-electron chi connectivity index (χ2n) is 4.71. The van der Waals surface area contributed by atoms with Gasteiger partial charge in [0.1, 0.15) is 5.82 Å². The molecule has 0 fully saturated rings. The molecule has 19 heavy (non-hydrogen) atoms. The van der Waals surface area contributed by atoms with Crippen molar-refractivity contribution in [1.29, 1.82) is 0 Å². The summed E-state index contributed by atoms with van der Waals surface area (Å²) in [6.07, 6.45) is 0. The lowest BCUT2D eigenvalue weighted by molar-refractivity contribution is 0.955. The lowest BCUT2D eigenvalue weighted by Crippen LogP contribution is -1.95. The highest BCUT2D eigenvalue weighted by molar-refractivity contribution is 6.31. The molecule has 4 heteroatoms. The molecule has 0 saturated heterocycles. The number of benzene rings is 2. The zero-order chi connectivity index (χ0) is 13.6. The molecule has 1 heterocycles. The van der Waals surface area contributed by atoms with Crippen molar-refractivity contribution in [3.63, 3.8) is 0 Å². The summed E-state index contributed by atoms with van der Waals surface area (Å²) in [6, 6.07) is 11.6. The zero-order valence-electron chi connectivity index (χ0n) is 10.8. The third-order valence-corrected chi connectivity index (χ3v) is 3.49. The van der Waals surface area contributed by atoms with Crippen LogP contribution >= 0.6 is 11.6 Å². The van der Waals surface area contributed by atoms with Gasteiger partial charge in [-0.05, 0) is 36.8 Å². The predicted octanol–water partition coefficient (Wildman–Crippen LogP) is 3.78. The monoisotopic (exact) mass is 271 g/mol. The van der Waals surface area contributed by atoms with Crippen LogP contribution in [0.1, 0.15) is 5.56 Å². The smallest absolute Gasteiger partial charge is 0.140 e. The molecule has 1 aromatic heterocycles. The highest BCUT2D eigenvalue weighted by Crippen LogP contribution is 2.29. The molecule has 3 aromatic rings. The van der Waals surface area contributed by atoms with Crippen LogP contribution in [-0.4, -0.2) is 9.55 Å². The second kappa shape index (κ2) is 4.28. The average molecular weight is 272 g/mol. The first-order valence-corrected chi connectivity index (χ1v) is 6.42. The van der Waals surface area contributed by atoms with Crippen molar-refractivity contribution < 1.29 is 0 Å². The zero-order valence-corrected chi connectivity index (χ0v) is 11.6. The molecule has 0 saturated carbocycles. The first-order valence-electron chi connectivity index (χ1n) is 6.05. The Balaban J connectivity index is 2.31. The standard InChI is InChI=1S/C15H14ClN3/c1-9-4-3-5-13-14(9)19(2)15(18-13)10-6-11(16)8-12(17)7-10/h3-8H,17H2,1-2H3. The molecule has 3 rings (SSSR count). The van der Waals surface area contributed by atoms with Crippen molar-refractivity contribution in [1.82, 2.24) is 9.55 Å². The van der Waals surface area contributed by atoms with Crippen molar-refractivity contribution in [3.05, 3.63) is 47.0 Å². The van der Waals surface area contributed by atoms with E-state index in [4.69, 9.17) is 17.3 Å². The minimum absolute atomic E-state index is 0.624. The van der Waals surface area contributed by atoms with Crippen molar-refractivity contribution in [2.24, 2.45) is 7.05 Å². The summed E-state index contributed by atoms with van der Waals surface area (Å²) in [4.78, 5) is 4.67. The molecule has 3 nitrogen and oxygen atoms in total. The number of halogens is 1. The highest BCUT2D eigenvalue weighted by atomic mass is 35.5. The summed E-state index contributed by atoms with van der Waals surface area (Å²) >= 11 is 6.07. The summed E-state index contributed by atoms with van der Waals surface area (Å²) in [5.74, 6) is 0.874. The minimum atomic E-state index is 0.624. The van der Waals surface area contributed by atoms with E-state index in [2.05, 4.69) is 22.5 Å². The number of hydrogen-bond acceptors (Lipinski definition) is 2. The number of para-hydroxylation sites is 1. The molecule has 2 N–H and O–H groups in total. The molecule has 0 bridgehead atoms. The van der Waals surface area contributed by atoms with E-state index in [1.165, 1.54) is 5.56 Å². The summed E-state index contributed by atoms with van der Waals surface area (Å²) in [7, 11) is 2.01. The Morgan fingerprint density at radius 3 is 2.68 bits per heavy atom. The van der Waals surface area contributed by atoms with Gasteiger partial charge in [-0.1, -0.05) is 23.7 Å². The van der Waals surface area contributed by atoms with Crippen LogP contribution in [-0.2, 0) is 7.05 Å². The van der Waals surface area contributed by atoms with Gasteiger partial charge in [0.25, 0.3) is 0 Å². The van der Waals surface area contributed by atoms with E-state index >= 15 is 0 Å². The van der Waals surface area contributed by atoms with E-state index < -0.39 is 0 Å². The Labute approximate surface area is 116 Å². The fraction of sp³-hybridized carbons (Fsp3) is 0.133. The van der Waals surface area contributed by atoms with Gasteiger partial charge in [-0.3, -0.25) is 0 Å². The molecule has 0 amide bonds. The van der Waals surface area contributed by atoms with Crippen LogP contribution in [0, 0.1) is 6.92 Å². The van der Waals surface area contributed by atoms with Crippen molar-refractivity contribution >= 4 is 28.3 Å². The molecule has 0 aliphatic carbocycles. The Hall–Kier alpha value is -2.00. The number of nitrogens with two attached hydrogens (primary N) is 1. The van der Waals surface area contributed by atoms with Gasteiger partial charge in [0.15, 0.2) is 0 Å². The maximum atomic E-state index is 6.07. The van der Waals surface area contributed by atoms with Crippen LogP contribution in [0.3, 0.4) is 0 Å². The van der Waals surface area contributed by atoms with Gasteiger partial charge in [-0.15, -0.1) is 0 Å². The highest BCUT2D eigenvalue weighted by Gasteiger charge is 2.12. The molecule has 0 spiro atoms. The van der Waals surface area contributed by atoms with Crippen LogP contribution in [0.2, 0.25) is 5.02 Å². The number of imidazole rings is 1.